The molecule has 3 rings (SSSR count). The zero-order chi connectivity index (χ0) is 19.9. The average Bonchev–Trinajstić information content (AvgIpc) is 3.10. The number of benzene rings is 2. The van der Waals surface area contributed by atoms with Crippen molar-refractivity contribution in [1.29, 1.82) is 0 Å². The highest BCUT2D eigenvalue weighted by Crippen LogP contribution is 2.14. The first kappa shape index (κ1) is 18.9. The summed E-state index contributed by atoms with van der Waals surface area (Å²) in [6, 6.07) is 14.4. The number of anilines is 1. The van der Waals surface area contributed by atoms with E-state index in [-0.39, 0.29) is 11.4 Å². The van der Waals surface area contributed by atoms with E-state index in [0.29, 0.717) is 5.82 Å². The van der Waals surface area contributed by atoms with Crippen LogP contribution in [0, 0.1) is 12.7 Å². The molecule has 1 aromatic heterocycles. The third-order valence-corrected chi connectivity index (χ3v) is 3.61. The zero-order valence-corrected chi connectivity index (χ0v) is 14.9. The van der Waals surface area contributed by atoms with Gasteiger partial charge < -0.3 is 10.1 Å². The zero-order valence-electron chi connectivity index (χ0n) is 14.9. The van der Waals surface area contributed by atoms with Crippen LogP contribution in [0.15, 0.2) is 54.6 Å². The van der Waals surface area contributed by atoms with Gasteiger partial charge in [-0.25, -0.2) is 9.18 Å². The van der Waals surface area contributed by atoms with Gasteiger partial charge in [-0.3, -0.25) is 4.79 Å². The predicted molar refractivity (Wildman–Crippen MR) is 99.2 cm³/mol. The van der Waals surface area contributed by atoms with Crippen molar-refractivity contribution in [3.63, 3.8) is 0 Å². The number of aromatic nitrogens is 4. The van der Waals surface area contributed by atoms with Gasteiger partial charge in [-0.15, -0.1) is 5.10 Å². The van der Waals surface area contributed by atoms with E-state index >= 15 is 0 Å². The van der Waals surface area contributed by atoms with Gasteiger partial charge in [0, 0.05) is 5.69 Å². The number of amides is 1. The van der Waals surface area contributed by atoms with Gasteiger partial charge in [-0.05, 0) is 47.2 Å². The van der Waals surface area contributed by atoms with Gasteiger partial charge in [0.25, 0.3) is 5.91 Å². The van der Waals surface area contributed by atoms with Crippen LogP contribution in [-0.2, 0) is 14.3 Å². The molecule has 2 aromatic carbocycles. The molecule has 0 spiro atoms. The number of halogens is 1. The molecule has 0 saturated heterocycles. The fraction of sp³-hybridized carbons (Fsp3) is 0.105. The van der Waals surface area contributed by atoms with Gasteiger partial charge in [-0.1, -0.05) is 36.4 Å². The molecule has 9 heteroatoms. The molecule has 0 radical (unpaired) electrons. The molecule has 28 heavy (non-hydrogen) atoms. The Morgan fingerprint density at radius 3 is 2.64 bits per heavy atom. The first-order valence-electron chi connectivity index (χ1n) is 8.27. The second kappa shape index (κ2) is 8.67. The Balaban J connectivity index is 1.72. The molecule has 0 aliphatic rings. The van der Waals surface area contributed by atoms with Crippen LogP contribution in [0.25, 0.3) is 11.8 Å². The van der Waals surface area contributed by atoms with Crippen molar-refractivity contribution in [3.05, 3.63) is 71.8 Å². The summed E-state index contributed by atoms with van der Waals surface area (Å²) in [6.45, 7) is 1.07. The third-order valence-electron chi connectivity index (χ3n) is 3.61. The fourth-order valence-corrected chi connectivity index (χ4v) is 2.34. The SMILES string of the molecule is Cc1nnnn1/C(=C\c1ccccc1)C(=O)OCC(=O)Nc1cccc(F)c1. The van der Waals surface area contributed by atoms with Crippen LogP contribution in [0.1, 0.15) is 11.4 Å². The molecule has 1 heterocycles. The van der Waals surface area contributed by atoms with Crippen LogP contribution in [0.4, 0.5) is 10.1 Å². The minimum Gasteiger partial charge on any atom is -0.451 e. The van der Waals surface area contributed by atoms with Crippen LogP contribution in [0.5, 0.6) is 0 Å². The number of esters is 1. The van der Waals surface area contributed by atoms with E-state index in [2.05, 4.69) is 20.8 Å². The largest absolute Gasteiger partial charge is 0.451 e. The van der Waals surface area contributed by atoms with Crippen LogP contribution >= 0.6 is 0 Å². The summed E-state index contributed by atoms with van der Waals surface area (Å²) in [4.78, 5) is 24.5. The number of rotatable bonds is 6. The van der Waals surface area contributed by atoms with Crippen LogP contribution < -0.4 is 5.32 Å². The molecule has 142 valence electrons. The van der Waals surface area contributed by atoms with E-state index in [1.165, 1.54) is 22.9 Å². The molecule has 0 saturated carbocycles. The molecule has 0 aliphatic heterocycles. The number of nitrogens with one attached hydrogen (secondary N) is 1. The van der Waals surface area contributed by atoms with E-state index < -0.39 is 24.3 Å². The number of carbonyl (C=O) groups is 2. The first-order chi connectivity index (χ1) is 13.5. The number of tetrazole rings is 1. The molecule has 3 aromatic rings. The summed E-state index contributed by atoms with van der Waals surface area (Å²) in [5.41, 5.74) is 1.04. The van der Waals surface area contributed by atoms with Crippen molar-refractivity contribution < 1.29 is 18.7 Å². The molecular formula is C19H16FN5O3. The molecule has 0 aliphatic carbocycles. The van der Waals surface area contributed by atoms with Gasteiger partial charge in [0.05, 0.1) is 0 Å². The standard InChI is InChI=1S/C19H16FN5O3/c1-13-22-23-24-25(13)17(10-14-6-3-2-4-7-14)19(27)28-12-18(26)21-16-9-5-8-15(20)11-16/h2-11H,12H2,1H3,(H,21,26)/b17-10-. The monoisotopic (exact) mass is 381 g/mol. The topological polar surface area (TPSA) is 99.0 Å². The molecule has 1 N–H and O–H groups in total. The summed E-state index contributed by atoms with van der Waals surface area (Å²) < 4.78 is 19.5. The number of aryl methyl sites for hydroxylation is 1. The second-order valence-corrected chi connectivity index (χ2v) is 5.71. The number of hydrogen-bond donors (Lipinski definition) is 1. The van der Waals surface area contributed by atoms with E-state index in [1.54, 1.807) is 25.1 Å². The highest BCUT2D eigenvalue weighted by molar-refractivity contribution is 6.15. The van der Waals surface area contributed by atoms with Crippen LogP contribution in [-0.4, -0.2) is 38.7 Å². The Morgan fingerprint density at radius 1 is 1.18 bits per heavy atom. The highest BCUT2D eigenvalue weighted by Gasteiger charge is 2.19. The van der Waals surface area contributed by atoms with E-state index in [0.717, 1.165) is 11.6 Å². The minimum atomic E-state index is -0.784. The number of carbonyl (C=O) groups excluding carboxylic acids is 2. The Morgan fingerprint density at radius 2 is 1.96 bits per heavy atom. The summed E-state index contributed by atoms with van der Waals surface area (Å²) in [5.74, 6) is -1.50. The smallest absolute Gasteiger partial charge is 0.357 e. The third kappa shape index (κ3) is 4.85. The Labute approximate surface area is 159 Å². The van der Waals surface area contributed by atoms with Crippen LogP contribution in [0.2, 0.25) is 0 Å². The van der Waals surface area contributed by atoms with Crippen molar-refractivity contribution in [2.75, 3.05) is 11.9 Å². The van der Waals surface area contributed by atoms with Crippen molar-refractivity contribution >= 4 is 29.3 Å². The van der Waals surface area contributed by atoms with Crippen LogP contribution in [0.3, 0.4) is 0 Å². The number of hydrogen-bond acceptors (Lipinski definition) is 6. The molecule has 1 amide bonds. The molecule has 0 unspecified atom stereocenters. The second-order valence-electron chi connectivity index (χ2n) is 5.71. The molecular weight excluding hydrogens is 365 g/mol. The quantitative estimate of drug-likeness (QED) is 0.520. The molecule has 0 atom stereocenters. The number of ether oxygens (including phenoxy) is 1. The van der Waals surface area contributed by atoms with Crippen molar-refractivity contribution in [2.24, 2.45) is 0 Å². The summed E-state index contributed by atoms with van der Waals surface area (Å²) in [6.07, 6.45) is 1.55. The van der Waals surface area contributed by atoms with Gasteiger partial charge in [0.2, 0.25) is 0 Å². The lowest BCUT2D eigenvalue weighted by Crippen LogP contribution is -2.23. The molecule has 8 nitrogen and oxygen atoms in total. The average molecular weight is 381 g/mol. The van der Waals surface area contributed by atoms with E-state index in [1.807, 2.05) is 18.2 Å². The highest BCUT2D eigenvalue weighted by atomic mass is 19.1. The van der Waals surface area contributed by atoms with Crippen molar-refractivity contribution in [3.8, 4) is 0 Å². The maximum absolute atomic E-state index is 13.2. The van der Waals surface area contributed by atoms with Gasteiger partial charge in [-0.2, -0.15) is 4.68 Å². The Kier molecular flexibility index (Phi) is 5.85. The van der Waals surface area contributed by atoms with E-state index in [9.17, 15) is 14.0 Å². The van der Waals surface area contributed by atoms with Crippen molar-refractivity contribution in [2.45, 2.75) is 6.92 Å². The van der Waals surface area contributed by atoms with Gasteiger partial charge in [0.15, 0.2) is 18.1 Å². The summed E-state index contributed by atoms with van der Waals surface area (Å²) in [7, 11) is 0. The maximum Gasteiger partial charge on any atom is 0.357 e. The lowest BCUT2D eigenvalue weighted by Gasteiger charge is -2.09. The summed E-state index contributed by atoms with van der Waals surface area (Å²) in [5, 5.41) is 13.5. The Hall–Kier alpha value is -3.88. The predicted octanol–water partition coefficient (Wildman–Crippen LogP) is 2.30. The molecule has 0 bridgehead atoms. The lowest BCUT2D eigenvalue weighted by molar-refractivity contribution is -0.141. The molecule has 0 fully saturated rings. The fourth-order valence-electron chi connectivity index (χ4n) is 2.34. The summed E-state index contributed by atoms with van der Waals surface area (Å²) >= 11 is 0. The number of nitrogens with zero attached hydrogens (tertiary/aromatic N) is 4. The van der Waals surface area contributed by atoms with Gasteiger partial charge in [0.1, 0.15) is 5.82 Å². The lowest BCUT2D eigenvalue weighted by atomic mass is 10.2. The van der Waals surface area contributed by atoms with Crippen molar-refractivity contribution in [1.82, 2.24) is 20.2 Å². The minimum absolute atomic E-state index is 0.0484. The van der Waals surface area contributed by atoms with Gasteiger partial charge >= 0.3 is 5.97 Å². The Bertz CT molecular complexity index is 1020. The first-order valence-corrected chi connectivity index (χ1v) is 8.27. The normalized spacial score (nSPS) is 11.1. The van der Waals surface area contributed by atoms with E-state index in [4.69, 9.17) is 4.74 Å². The maximum atomic E-state index is 13.2.